The maximum absolute atomic E-state index is 16.9. The molecule has 3 atom stereocenters. The Bertz CT molecular complexity index is 2390. The predicted molar refractivity (Wildman–Crippen MR) is 196 cm³/mol. The van der Waals surface area contributed by atoms with Gasteiger partial charge in [0.15, 0.2) is 11.6 Å². The number of halogens is 4. The number of anilines is 1. The van der Waals surface area contributed by atoms with Crippen LogP contribution in [0, 0.1) is 36.7 Å². The van der Waals surface area contributed by atoms with Crippen LogP contribution in [-0.2, 0) is 4.79 Å². The summed E-state index contributed by atoms with van der Waals surface area (Å²) in [6.45, 7) is 3.57. The van der Waals surface area contributed by atoms with Crippen LogP contribution < -0.4 is 9.64 Å². The number of pyridine rings is 1. The Kier molecular flexibility index (Phi) is 9.13. The van der Waals surface area contributed by atoms with E-state index in [1.165, 1.54) is 24.4 Å². The van der Waals surface area contributed by atoms with E-state index in [0.717, 1.165) is 25.6 Å². The predicted octanol–water partition coefficient (Wildman–Crippen LogP) is 6.05. The number of ether oxygens (including phenoxy) is 1. The molecule has 3 aliphatic heterocycles. The number of carbonyl (C=O) groups is 1. The molecule has 14 heteroatoms. The number of hydrogen-bond acceptors (Lipinski definition) is 9. The molecule has 5 aromatic rings. The van der Waals surface area contributed by atoms with Crippen LogP contribution in [0.3, 0.4) is 0 Å². The third-order valence-electron chi connectivity index (χ3n) is 10.9. The quantitative estimate of drug-likeness (QED) is 0.107. The van der Waals surface area contributed by atoms with Crippen LogP contribution in [0.1, 0.15) is 42.8 Å². The summed E-state index contributed by atoms with van der Waals surface area (Å²) in [6, 6.07) is 7.62. The number of aromatic nitrogens is 5. The molecular weight excluding hydrogens is 700 g/mol. The Morgan fingerprint density at radius 1 is 1.09 bits per heavy atom. The lowest BCUT2D eigenvalue weighted by Gasteiger charge is -2.31. The van der Waals surface area contributed by atoms with E-state index in [0.29, 0.717) is 65.8 Å². The summed E-state index contributed by atoms with van der Waals surface area (Å²) in [5.41, 5.74) is -0.351. The van der Waals surface area contributed by atoms with Gasteiger partial charge in [-0.3, -0.25) is 14.7 Å². The van der Waals surface area contributed by atoms with Gasteiger partial charge in [-0.1, -0.05) is 30.2 Å². The highest BCUT2D eigenvalue weighted by Gasteiger charge is 2.49. The molecule has 10 nitrogen and oxygen atoms in total. The van der Waals surface area contributed by atoms with Crippen LogP contribution >= 0.6 is 0 Å². The first-order chi connectivity index (χ1) is 26.0. The Balaban J connectivity index is 1.15. The van der Waals surface area contributed by atoms with E-state index < -0.39 is 29.2 Å². The molecule has 3 fully saturated rings. The van der Waals surface area contributed by atoms with E-state index in [2.05, 4.69) is 30.8 Å². The SMILES string of the molecule is C#Cc1c(F)ccc2cccc(-c3ncc4c(N(C)[C@@H]5CCN(C(=O)/C=C/c6nc(C)ncc6F)C5)nc(OC[C@@]56CCCN5C[C@H](F)C6)nc4c3F)c12. The summed E-state index contributed by atoms with van der Waals surface area (Å²) in [7, 11) is 1.79. The summed E-state index contributed by atoms with van der Waals surface area (Å²) >= 11 is 0. The van der Waals surface area contributed by atoms with Crippen molar-refractivity contribution in [3.8, 4) is 29.6 Å². The van der Waals surface area contributed by atoms with Crippen molar-refractivity contribution in [1.82, 2.24) is 34.7 Å². The third-order valence-corrected chi connectivity index (χ3v) is 10.9. The monoisotopic (exact) mass is 736 g/mol. The number of terminal acetylenes is 1. The van der Waals surface area contributed by atoms with E-state index in [4.69, 9.17) is 16.1 Å². The number of benzene rings is 2. The highest BCUT2D eigenvalue weighted by molar-refractivity contribution is 6.02. The molecule has 3 aliphatic rings. The Morgan fingerprint density at radius 3 is 2.78 bits per heavy atom. The van der Waals surface area contributed by atoms with Crippen molar-refractivity contribution in [1.29, 1.82) is 0 Å². The molecule has 3 saturated heterocycles. The molecule has 276 valence electrons. The second-order valence-corrected chi connectivity index (χ2v) is 14.2. The molecule has 0 radical (unpaired) electrons. The fourth-order valence-corrected chi connectivity index (χ4v) is 8.16. The molecule has 0 N–H and O–H groups in total. The van der Waals surface area contributed by atoms with Gasteiger partial charge < -0.3 is 14.5 Å². The maximum Gasteiger partial charge on any atom is 0.319 e. The smallest absolute Gasteiger partial charge is 0.319 e. The van der Waals surface area contributed by atoms with Crippen LogP contribution in [-0.4, -0.2) is 98.2 Å². The Morgan fingerprint density at radius 2 is 1.94 bits per heavy atom. The Hall–Kier alpha value is -5.68. The summed E-state index contributed by atoms with van der Waals surface area (Å²) < 4.78 is 66.9. The fraction of sp³-hybridized carbons (Fsp3) is 0.350. The van der Waals surface area contributed by atoms with Gasteiger partial charge in [-0.25, -0.2) is 27.5 Å². The molecule has 54 heavy (non-hydrogen) atoms. The first kappa shape index (κ1) is 35.4. The zero-order valence-corrected chi connectivity index (χ0v) is 29.7. The van der Waals surface area contributed by atoms with Gasteiger partial charge in [-0.05, 0) is 50.3 Å². The van der Waals surface area contributed by atoms with Crippen molar-refractivity contribution in [2.45, 2.75) is 50.4 Å². The lowest BCUT2D eigenvalue weighted by atomic mass is 9.95. The molecule has 2 aromatic carbocycles. The zero-order valence-electron chi connectivity index (χ0n) is 29.7. The Labute approximate surface area is 308 Å². The average molecular weight is 737 g/mol. The second-order valence-electron chi connectivity index (χ2n) is 14.2. The number of nitrogens with zero attached hydrogens (tertiary/aromatic N) is 8. The molecule has 8 rings (SSSR count). The normalized spacial score (nSPS) is 21.3. The molecule has 0 spiro atoms. The molecular formula is C40H36F4N8O2. The zero-order chi connectivity index (χ0) is 37.7. The molecule has 3 aromatic heterocycles. The largest absolute Gasteiger partial charge is 0.461 e. The van der Waals surface area contributed by atoms with Crippen molar-refractivity contribution >= 4 is 39.5 Å². The number of amides is 1. The van der Waals surface area contributed by atoms with E-state index >= 15 is 4.39 Å². The highest BCUT2D eigenvalue weighted by atomic mass is 19.1. The van der Waals surface area contributed by atoms with E-state index in [9.17, 15) is 18.0 Å². The number of alkyl halides is 1. The number of likely N-dealkylation sites (tertiary alicyclic amines) is 1. The van der Waals surface area contributed by atoms with Gasteiger partial charge in [-0.15, -0.1) is 6.42 Å². The van der Waals surface area contributed by atoms with Gasteiger partial charge in [0.05, 0.1) is 22.7 Å². The van der Waals surface area contributed by atoms with Gasteiger partial charge in [0.25, 0.3) is 0 Å². The number of hydrogen-bond donors (Lipinski definition) is 0. The molecule has 0 saturated carbocycles. The first-order valence-electron chi connectivity index (χ1n) is 17.8. The van der Waals surface area contributed by atoms with Crippen LogP contribution in [0.15, 0.2) is 48.8 Å². The van der Waals surface area contributed by atoms with Crippen LogP contribution in [0.2, 0.25) is 0 Å². The molecule has 0 aliphatic carbocycles. The van der Waals surface area contributed by atoms with Gasteiger partial charge in [-0.2, -0.15) is 9.97 Å². The summed E-state index contributed by atoms with van der Waals surface area (Å²) in [5, 5.41) is 1.25. The number of fused-ring (bicyclic) bond motifs is 3. The third kappa shape index (κ3) is 6.26. The van der Waals surface area contributed by atoms with E-state index in [-0.39, 0.29) is 47.0 Å². The minimum Gasteiger partial charge on any atom is -0.461 e. The second kappa shape index (κ2) is 13.9. The van der Waals surface area contributed by atoms with Crippen LogP contribution in [0.25, 0.3) is 39.0 Å². The first-order valence-corrected chi connectivity index (χ1v) is 17.8. The summed E-state index contributed by atoms with van der Waals surface area (Å²) in [4.78, 5) is 40.5. The van der Waals surface area contributed by atoms with Crippen molar-refractivity contribution in [2.75, 3.05) is 44.7 Å². The number of aryl methyl sites for hydroxylation is 1. The van der Waals surface area contributed by atoms with Crippen molar-refractivity contribution in [3.05, 3.63) is 83.3 Å². The topological polar surface area (TPSA) is 100 Å². The minimum atomic E-state index is -0.968. The lowest BCUT2D eigenvalue weighted by molar-refractivity contribution is -0.124. The molecule has 6 heterocycles. The summed E-state index contributed by atoms with van der Waals surface area (Å²) in [5.74, 6) is 0.757. The van der Waals surface area contributed by atoms with E-state index in [1.807, 2.05) is 4.90 Å². The van der Waals surface area contributed by atoms with Crippen LogP contribution in [0.4, 0.5) is 23.4 Å². The van der Waals surface area contributed by atoms with Gasteiger partial charge in [0, 0.05) is 62.4 Å². The minimum absolute atomic E-state index is 0.00731. The van der Waals surface area contributed by atoms with Gasteiger partial charge in [0.1, 0.15) is 47.1 Å². The standard InChI is InChI=1S/C40H36F4N8O2/c1-4-27-30(42)10-9-24-7-5-8-28(34(24)27)36-35(44)37-29(18-46-36)38(49-39(48-37)54-22-40-14-6-15-52(40)20-25(41)17-40)50(3)26-13-16-51(21-26)33(53)12-11-32-31(43)19-45-23(2)47-32/h1,5,7-12,18-19,25-26H,6,13-17,20-22H2,2-3H3/b12-11+/t25-,26-,40+/m1/s1. The number of rotatable bonds is 8. The van der Waals surface area contributed by atoms with Crippen molar-refractivity contribution < 1.29 is 27.1 Å². The van der Waals surface area contributed by atoms with Crippen LogP contribution in [0.5, 0.6) is 6.01 Å². The number of carbonyl (C=O) groups excluding carboxylic acids is 1. The fourth-order valence-electron chi connectivity index (χ4n) is 8.16. The average Bonchev–Trinajstić information content (AvgIpc) is 3.89. The van der Waals surface area contributed by atoms with Gasteiger partial charge in [0.2, 0.25) is 5.91 Å². The summed E-state index contributed by atoms with van der Waals surface area (Å²) in [6.07, 6.45) is 12.4. The lowest BCUT2D eigenvalue weighted by Crippen LogP contribution is -2.43. The van der Waals surface area contributed by atoms with E-state index in [1.54, 1.807) is 43.1 Å². The number of likely N-dealkylation sites (N-methyl/N-ethyl adjacent to an activating group) is 1. The highest BCUT2D eigenvalue weighted by Crippen LogP contribution is 2.41. The molecule has 0 bridgehead atoms. The maximum atomic E-state index is 16.9. The van der Waals surface area contributed by atoms with Crippen molar-refractivity contribution in [2.24, 2.45) is 0 Å². The molecule has 1 amide bonds. The molecule has 0 unspecified atom stereocenters. The van der Waals surface area contributed by atoms with Crippen molar-refractivity contribution in [3.63, 3.8) is 0 Å². The van der Waals surface area contributed by atoms with Gasteiger partial charge >= 0.3 is 6.01 Å².